The molecular weight excluding hydrogens is 158 g/mol. The summed E-state index contributed by atoms with van der Waals surface area (Å²) in [5.74, 6) is -0.741. The van der Waals surface area contributed by atoms with E-state index < -0.39 is 14.2 Å². The first kappa shape index (κ1) is 10.6. The van der Waals surface area contributed by atoms with Gasteiger partial charge in [-0.3, -0.25) is 4.79 Å². The molecule has 4 heteroatoms. The van der Waals surface area contributed by atoms with E-state index in [1.54, 1.807) is 0 Å². The lowest BCUT2D eigenvalue weighted by Gasteiger charge is -2.22. The Hall–Kier alpha value is -0.353. The fourth-order valence-electron chi connectivity index (χ4n) is 0.861. The van der Waals surface area contributed by atoms with Crippen molar-refractivity contribution in [3.63, 3.8) is 0 Å². The van der Waals surface area contributed by atoms with E-state index in [0.29, 0.717) is 6.42 Å². The lowest BCUT2D eigenvalue weighted by atomic mass is 10.2. The normalized spacial score (nSPS) is 14.5. The maximum absolute atomic E-state index is 10.6. The smallest absolute Gasteiger partial charge is 0.320 e. The van der Waals surface area contributed by atoms with Crippen LogP contribution in [0.4, 0.5) is 0 Å². The van der Waals surface area contributed by atoms with Gasteiger partial charge < -0.3 is 10.1 Å². The average molecular weight is 175 g/mol. The van der Waals surface area contributed by atoms with Gasteiger partial charge in [-0.1, -0.05) is 26.6 Å². The predicted molar refractivity (Wildman–Crippen MR) is 48.2 cm³/mol. The molecule has 0 aliphatic heterocycles. The summed E-state index contributed by atoms with van der Waals surface area (Å²) in [4.78, 5) is 13.7. The zero-order valence-electron chi connectivity index (χ0n) is 7.64. The highest BCUT2D eigenvalue weighted by Crippen LogP contribution is 2.00. The van der Waals surface area contributed by atoms with Gasteiger partial charge >= 0.3 is 5.97 Å². The summed E-state index contributed by atoms with van der Waals surface area (Å²) in [5.41, 5.74) is 0. The van der Waals surface area contributed by atoms with Gasteiger partial charge in [-0.05, 0) is 6.42 Å². The SMILES string of the molecule is CC[C@H](N[Si](C)(C)C)C(=O)O. The van der Waals surface area contributed by atoms with Gasteiger partial charge in [-0.25, -0.2) is 0 Å². The molecule has 0 unspecified atom stereocenters. The number of carboxylic acid groups (broad SMARTS) is 1. The molecule has 0 aromatic carbocycles. The third kappa shape index (κ3) is 4.98. The van der Waals surface area contributed by atoms with E-state index >= 15 is 0 Å². The van der Waals surface area contributed by atoms with E-state index in [4.69, 9.17) is 5.11 Å². The molecule has 0 fully saturated rings. The first-order valence-corrected chi connectivity index (χ1v) is 7.37. The molecule has 0 aliphatic rings. The van der Waals surface area contributed by atoms with Crippen LogP contribution < -0.4 is 4.98 Å². The highest BCUT2D eigenvalue weighted by molar-refractivity contribution is 6.73. The molecule has 2 N–H and O–H groups in total. The number of nitrogens with one attached hydrogen (secondary N) is 1. The molecule has 0 aliphatic carbocycles. The van der Waals surface area contributed by atoms with Gasteiger partial charge in [-0.2, -0.15) is 0 Å². The minimum absolute atomic E-state index is 0.360. The van der Waals surface area contributed by atoms with Crippen LogP contribution in [0.25, 0.3) is 0 Å². The molecule has 0 spiro atoms. The number of aliphatic carboxylic acids is 1. The molecule has 0 amide bonds. The van der Waals surface area contributed by atoms with Gasteiger partial charge in [0.15, 0.2) is 0 Å². The molecule has 0 saturated carbocycles. The number of carboxylic acids is 1. The fourth-order valence-corrected chi connectivity index (χ4v) is 2.23. The van der Waals surface area contributed by atoms with E-state index in [1.165, 1.54) is 0 Å². The monoisotopic (exact) mass is 175 g/mol. The third-order valence-electron chi connectivity index (χ3n) is 1.31. The van der Waals surface area contributed by atoms with Crippen molar-refractivity contribution in [3.05, 3.63) is 0 Å². The Morgan fingerprint density at radius 2 is 2.00 bits per heavy atom. The predicted octanol–water partition coefficient (Wildman–Crippen LogP) is 1.27. The maximum atomic E-state index is 10.6. The van der Waals surface area contributed by atoms with Gasteiger partial charge in [0, 0.05) is 0 Å². The molecular formula is C7H17NO2Si. The summed E-state index contributed by atoms with van der Waals surface area (Å²) in [6, 6.07) is -0.360. The Morgan fingerprint density at radius 1 is 1.55 bits per heavy atom. The van der Waals surface area contributed by atoms with Crippen LogP contribution in [0.2, 0.25) is 19.6 Å². The summed E-state index contributed by atoms with van der Waals surface area (Å²) < 4.78 is 0. The van der Waals surface area contributed by atoms with Crippen LogP contribution in [0.15, 0.2) is 0 Å². The second-order valence-electron chi connectivity index (χ2n) is 3.69. The van der Waals surface area contributed by atoms with Crippen molar-refractivity contribution in [1.29, 1.82) is 0 Å². The van der Waals surface area contributed by atoms with Crippen LogP contribution in [-0.2, 0) is 4.79 Å². The van der Waals surface area contributed by atoms with Crippen LogP contribution >= 0.6 is 0 Å². The molecule has 3 nitrogen and oxygen atoms in total. The molecule has 66 valence electrons. The van der Waals surface area contributed by atoms with Crippen molar-refractivity contribution in [3.8, 4) is 0 Å². The second-order valence-corrected chi connectivity index (χ2v) is 8.48. The van der Waals surface area contributed by atoms with E-state index in [-0.39, 0.29) is 6.04 Å². The second kappa shape index (κ2) is 3.87. The van der Waals surface area contributed by atoms with Crippen molar-refractivity contribution < 1.29 is 9.90 Å². The topological polar surface area (TPSA) is 49.3 Å². The zero-order chi connectivity index (χ0) is 9.07. The summed E-state index contributed by atoms with van der Waals surface area (Å²) in [6.07, 6.45) is 0.652. The zero-order valence-corrected chi connectivity index (χ0v) is 8.64. The molecule has 0 heterocycles. The highest BCUT2D eigenvalue weighted by Gasteiger charge is 2.22. The minimum Gasteiger partial charge on any atom is -0.480 e. The number of hydrogen-bond donors (Lipinski definition) is 2. The van der Waals surface area contributed by atoms with Crippen molar-refractivity contribution in [2.24, 2.45) is 0 Å². The molecule has 0 aromatic rings. The fraction of sp³-hybridized carbons (Fsp3) is 0.857. The molecule has 0 bridgehead atoms. The molecule has 0 aromatic heterocycles. The highest BCUT2D eigenvalue weighted by atomic mass is 28.3. The molecule has 0 saturated heterocycles. The largest absolute Gasteiger partial charge is 0.480 e. The quantitative estimate of drug-likeness (QED) is 0.633. The van der Waals surface area contributed by atoms with Crippen LogP contribution in [0, 0.1) is 0 Å². The van der Waals surface area contributed by atoms with E-state index in [2.05, 4.69) is 24.6 Å². The van der Waals surface area contributed by atoms with Crippen LogP contribution in [0.5, 0.6) is 0 Å². The molecule has 0 radical (unpaired) electrons. The van der Waals surface area contributed by atoms with Crippen LogP contribution in [0.1, 0.15) is 13.3 Å². The lowest BCUT2D eigenvalue weighted by Crippen LogP contribution is -2.50. The van der Waals surface area contributed by atoms with E-state index in [0.717, 1.165) is 0 Å². The Labute approximate surface area is 68.9 Å². The van der Waals surface area contributed by atoms with Crippen LogP contribution in [0.3, 0.4) is 0 Å². The number of hydrogen-bond acceptors (Lipinski definition) is 2. The van der Waals surface area contributed by atoms with Gasteiger partial charge in [0.2, 0.25) is 0 Å². The van der Waals surface area contributed by atoms with Crippen molar-refractivity contribution in [2.45, 2.75) is 39.0 Å². The lowest BCUT2D eigenvalue weighted by molar-refractivity contribution is -0.139. The molecule has 1 atom stereocenters. The summed E-state index contributed by atoms with van der Waals surface area (Å²) in [7, 11) is -1.43. The molecule has 0 rings (SSSR count). The Kier molecular flexibility index (Phi) is 3.75. The van der Waals surface area contributed by atoms with Gasteiger partial charge in [0.1, 0.15) is 8.24 Å². The molecule has 11 heavy (non-hydrogen) atoms. The summed E-state index contributed by atoms with van der Waals surface area (Å²) >= 11 is 0. The average Bonchev–Trinajstić information content (AvgIpc) is 1.80. The van der Waals surface area contributed by atoms with E-state index in [1.807, 2.05) is 6.92 Å². The van der Waals surface area contributed by atoms with Gasteiger partial charge in [0.05, 0.1) is 6.04 Å². The number of carbonyl (C=O) groups is 1. The van der Waals surface area contributed by atoms with Gasteiger partial charge in [-0.15, -0.1) is 0 Å². The Morgan fingerprint density at radius 3 is 2.09 bits per heavy atom. The Bertz CT molecular complexity index is 142. The van der Waals surface area contributed by atoms with Gasteiger partial charge in [0.25, 0.3) is 0 Å². The van der Waals surface area contributed by atoms with E-state index in [9.17, 15) is 4.79 Å². The van der Waals surface area contributed by atoms with Crippen molar-refractivity contribution >= 4 is 14.2 Å². The third-order valence-corrected chi connectivity index (χ3v) is 2.53. The first-order chi connectivity index (χ1) is 4.87. The summed E-state index contributed by atoms with van der Waals surface area (Å²) in [6.45, 7) is 8.17. The standard InChI is InChI=1S/C7H17NO2Si/c1-5-6(7(9)10)8-11(2,3)4/h6,8H,5H2,1-4H3,(H,9,10)/t6-/m0/s1. The van der Waals surface area contributed by atoms with Crippen LogP contribution in [-0.4, -0.2) is 25.4 Å². The minimum atomic E-state index is -1.43. The summed E-state index contributed by atoms with van der Waals surface area (Å²) in [5, 5.41) is 8.70. The number of rotatable bonds is 4. The first-order valence-electron chi connectivity index (χ1n) is 3.87. The maximum Gasteiger partial charge on any atom is 0.320 e. The van der Waals surface area contributed by atoms with Crippen molar-refractivity contribution in [2.75, 3.05) is 0 Å². The van der Waals surface area contributed by atoms with Crippen molar-refractivity contribution in [1.82, 2.24) is 4.98 Å². The Balaban J connectivity index is 3.99.